The molecule has 1 aromatic heterocycles. The Balaban J connectivity index is 1.82. The van der Waals surface area contributed by atoms with Gasteiger partial charge in [-0.15, -0.1) is 0 Å². The monoisotopic (exact) mass is 320 g/mol. The van der Waals surface area contributed by atoms with Crippen LogP contribution in [0.2, 0.25) is 0 Å². The number of hydrogen-bond donors (Lipinski definition) is 1. The standard InChI is InChI=1S/C15H17BrN2O/c1-19-14-5-6-15(16)12(10-14)11-17-9-7-13-4-2-3-8-18-13/h2-6,8,10,17H,7,9,11H2,1H3. The van der Waals surface area contributed by atoms with Crippen molar-refractivity contribution in [1.82, 2.24) is 10.3 Å². The highest BCUT2D eigenvalue weighted by Crippen LogP contribution is 2.22. The molecule has 0 radical (unpaired) electrons. The molecule has 0 fully saturated rings. The van der Waals surface area contributed by atoms with Gasteiger partial charge in [0.25, 0.3) is 0 Å². The number of benzene rings is 1. The molecule has 0 atom stereocenters. The summed E-state index contributed by atoms with van der Waals surface area (Å²) in [6.45, 7) is 1.71. The number of halogens is 1. The van der Waals surface area contributed by atoms with Crippen LogP contribution in [0.15, 0.2) is 47.1 Å². The van der Waals surface area contributed by atoms with Gasteiger partial charge in [-0.25, -0.2) is 0 Å². The Kier molecular flexibility index (Phi) is 5.36. The third kappa shape index (κ3) is 4.33. The average Bonchev–Trinajstić information content (AvgIpc) is 2.46. The molecule has 0 aliphatic rings. The second-order valence-electron chi connectivity index (χ2n) is 4.21. The Morgan fingerprint density at radius 2 is 2.16 bits per heavy atom. The fraction of sp³-hybridized carbons (Fsp3) is 0.267. The van der Waals surface area contributed by atoms with E-state index in [2.05, 4.69) is 26.2 Å². The van der Waals surface area contributed by atoms with Crippen LogP contribution in [-0.4, -0.2) is 18.6 Å². The molecule has 0 bridgehead atoms. The van der Waals surface area contributed by atoms with Crippen LogP contribution in [0.1, 0.15) is 11.3 Å². The summed E-state index contributed by atoms with van der Waals surface area (Å²) >= 11 is 3.55. The predicted octanol–water partition coefficient (Wildman–Crippen LogP) is 3.19. The maximum absolute atomic E-state index is 5.23. The van der Waals surface area contributed by atoms with Gasteiger partial charge >= 0.3 is 0 Å². The Morgan fingerprint density at radius 3 is 2.89 bits per heavy atom. The number of hydrogen-bond acceptors (Lipinski definition) is 3. The minimum Gasteiger partial charge on any atom is -0.497 e. The molecular formula is C15H17BrN2O. The quantitative estimate of drug-likeness (QED) is 0.830. The van der Waals surface area contributed by atoms with Gasteiger partial charge in [0, 0.05) is 35.9 Å². The lowest BCUT2D eigenvalue weighted by molar-refractivity contribution is 0.414. The number of aromatic nitrogens is 1. The number of nitrogens with zero attached hydrogens (tertiary/aromatic N) is 1. The number of pyridine rings is 1. The molecule has 2 aromatic rings. The molecule has 3 nitrogen and oxygen atoms in total. The number of ether oxygens (including phenoxy) is 1. The maximum atomic E-state index is 5.23. The molecule has 2 rings (SSSR count). The van der Waals surface area contributed by atoms with Crippen molar-refractivity contribution in [2.75, 3.05) is 13.7 Å². The zero-order valence-corrected chi connectivity index (χ0v) is 12.5. The first-order valence-corrected chi connectivity index (χ1v) is 7.02. The molecule has 1 heterocycles. The molecule has 0 amide bonds. The lowest BCUT2D eigenvalue weighted by Crippen LogP contribution is -2.17. The first kappa shape index (κ1) is 14.0. The van der Waals surface area contributed by atoms with Gasteiger partial charge in [0.15, 0.2) is 0 Å². The second kappa shape index (κ2) is 7.26. The summed E-state index contributed by atoms with van der Waals surface area (Å²) in [7, 11) is 1.68. The predicted molar refractivity (Wildman–Crippen MR) is 80.3 cm³/mol. The molecule has 0 saturated heterocycles. The Hall–Kier alpha value is -1.39. The van der Waals surface area contributed by atoms with Crippen LogP contribution >= 0.6 is 15.9 Å². The Morgan fingerprint density at radius 1 is 1.26 bits per heavy atom. The van der Waals surface area contributed by atoms with E-state index in [0.717, 1.165) is 35.4 Å². The molecule has 4 heteroatoms. The van der Waals surface area contributed by atoms with Gasteiger partial charge in [-0.05, 0) is 35.9 Å². The van der Waals surface area contributed by atoms with Gasteiger partial charge in [0.1, 0.15) is 5.75 Å². The lowest BCUT2D eigenvalue weighted by Gasteiger charge is -2.08. The first-order chi connectivity index (χ1) is 9.29. The van der Waals surface area contributed by atoms with E-state index in [1.54, 1.807) is 7.11 Å². The van der Waals surface area contributed by atoms with Gasteiger partial charge in [-0.1, -0.05) is 22.0 Å². The highest BCUT2D eigenvalue weighted by Gasteiger charge is 2.02. The van der Waals surface area contributed by atoms with Crippen molar-refractivity contribution in [3.05, 3.63) is 58.3 Å². The van der Waals surface area contributed by atoms with Crippen molar-refractivity contribution in [2.24, 2.45) is 0 Å². The van der Waals surface area contributed by atoms with Crippen molar-refractivity contribution in [3.8, 4) is 5.75 Å². The first-order valence-electron chi connectivity index (χ1n) is 6.22. The lowest BCUT2D eigenvalue weighted by atomic mass is 10.2. The third-order valence-corrected chi connectivity index (χ3v) is 3.63. The van der Waals surface area contributed by atoms with Gasteiger partial charge in [-0.2, -0.15) is 0 Å². The SMILES string of the molecule is COc1ccc(Br)c(CNCCc2ccccn2)c1. The largest absolute Gasteiger partial charge is 0.497 e. The van der Waals surface area contributed by atoms with E-state index < -0.39 is 0 Å². The van der Waals surface area contributed by atoms with E-state index in [4.69, 9.17) is 4.74 Å². The van der Waals surface area contributed by atoms with E-state index >= 15 is 0 Å². The molecule has 0 aliphatic carbocycles. The van der Waals surface area contributed by atoms with E-state index in [-0.39, 0.29) is 0 Å². The molecule has 0 saturated carbocycles. The molecule has 19 heavy (non-hydrogen) atoms. The summed E-state index contributed by atoms with van der Waals surface area (Å²) in [6, 6.07) is 12.0. The van der Waals surface area contributed by atoms with Gasteiger partial charge < -0.3 is 10.1 Å². The average molecular weight is 321 g/mol. The van der Waals surface area contributed by atoms with Crippen LogP contribution < -0.4 is 10.1 Å². The fourth-order valence-electron chi connectivity index (χ4n) is 1.80. The van der Waals surface area contributed by atoms with Crippen molar-refractivity contribution >= 4 is 15.9 Å². The summed E-state index contributed by atoms with van der Waals surface area (Å²) in [6.07, 6.45) is 2.76. The van der Waals surface area contributed by atoms with E-state index in [0.29, 0.717) is 0 Å². The summed E-state index contributed by atoms with van der Waals surface area (Å²) in [5.41, 5.74) is 2.31. The number of nitrogens with one attached hydrogen (secondary N) is 1. The number of rotatable bonds is 6. The second-order valence-corrected chi connectivity index (χ2v) is 5.06. The minimum absolute atomic E-state index is 0.810. The smallest absolute Gasteiger partial charge is 0.119 e. The summed E-state index contributed by atoms with van der Waals surface area (Å²) < 4.78 is 6.32. The van der Waals surface area contributed by atoms with Crippen LogP contribution in [0.25, 0.3) is 0 Å². The topological polar surface area (TPSA) is 34.1 Å². The normalized spacial score (nSPS) is 10.4. The van der Waals surface area contributed by atoms with Gasteiger partial charge in [0.05, 0.1) is 7.11 Å². The molecule has 0 unspecified atom stereocenters. The van der Waals surface area contributed by atoms with Crippen molar-refractivity contribution in [1.29, 1.82) is 0 Å². The molecule has 0 aliphatic heterocycles. The van der Waals surface area contributed by atoms with Crippen LogP contribution in [0.3, 0.4) is 0 Å². The highest BCUT2D eigenvalue weighted by molar-refractivity contribution is 9.10. The van der Waals surface area contributed by atoms with Crippen LogP contribution in [-0.2, 0) is 13.0 Å². The minimum atomic E-state index is 0.810. The molecule has 0 spiro atoms. The fourth-order valence-corrected chi connectivity index (χ4v) is 2.19. The molecular weight excluding hydrogens is 304 g/mol. The zero-order valence-electron chi connectivity index (χ0n) is 10.9. The van der Waals surface area contributed by atoms with Gasteiger partial charge in [-0.3, -0.25) is 4.98 Å². The molecule has 1 aromatic carbocycles. The van der Waals surface area contributed by atoms with Crippen LogP contribution in [0.4, 0.5) is 0 Å². The zero-order chi connectivity index (χ0) is 13.5. The van der Waals surface area contributed by atoms with Crippen LogP contribution in [0, 0.1) is 0 Å². The van der Waals surface area contributed by atoms with Crippen molar-refractivity contribution < 1.29 is 4.74 Å². The number of methoxy groups -OCH3 is 1. The van der Waals surface area contributed by atoms with Crippen molar-refractivity contribution in [3.63, 3.8) is 0 Å². The van der Waals surface area contributed by atoms with Crippen molar-refractivity contribution in [2.45, 2.75) is 13.0 Å². The third-order valence-electron chi connectivity index (χ3n) is 2.85. The van der Waals surface area contributed by atoms with Gasteiger partial charge in [0.2, 0.25) is 0 Å². The van der Waals surface area contributed by atoms with E-state index in [9.17, 15) is 0 Å². The summed E-state index contributed by atoms with van der Waals surface area (Å²) in [5.74, 6) is 0.879. The Bertz CT molecular complexity index is 517. The van der Waals surface area contributed by atoms with E-state index in [1.165, 1.54) is 5.56 Å². The van der Waals surface area contributed by atoms with E-state index in [1.807, 2.05) is 42.6 Å². The van der Waals surface area contributed by atoms with Crippen LogP contribution in [0.5, 0.6) is 5.75 Å². The maximum Gasteiger partial charge on any atom is 0.119 e. The summed E-state index contributed by atoms with van der Waals surface area (Å²) in [4.78, 5) is 4.30. The molecule has 1 N–H and O–H groups in total. The summed E-state index contributed by atoms with van der Waals surface area (Å²) in [5, 5.41) is 3.42. The highest BCUT2D eigenvalue weighted by atomic mass is 79.9. The molecule has 100 valence electrons. The Labute approximate surface area is 122 Å².